The fraction of sp³-hybridized carbons (Fsp3) is 0.200. The van der Waals surface area contributed by atoms with Gasteiger partial charge in [0.05, 0.1) is 7.05 Å². The molecular weight excluding hydrogens is 222 g/mol. The Morgan fingerprint density at radius 2 is 2.06 bits per heavy atom. The van der Waals surface area contributed by atoms with Crippen LogP contribution in [0.4, 0.5) is 0 Å². The van der Waals surface area contributed by atoms with Gasteiger partial charge in [-0.25, -0.2) is 0 Å². The monoisotopic (exact) mass is 238 g/mol. The first-order valence-electron chi connectivity index (χ1n) is 6.22. The summed E-state index contributed by atoms with van der Waals surface area (Å²) >= 11 is 0. The summed E-state index contributed by atoms with van der Waals surface area (Å²) in [6, 6.07) is 6.36. The third-order valence-corrected chi connectivity index (χ3v) is 3.30. The average Bonchev–Trinajstić information content (AvgIpc) is 2.47. The SMILES string of the molecule is CN[n+]1cc(-c2ccncc2)cc2c1C=CCC2. The van der Waals surface area contributed by atoms with Crippen LogP contribution in [0.15, 0.2) is 42.9 Å². The van der Waals surface area contributed by atoms with E-state index >= 15 is 0 Å². The molecule has 0 aliphatic heterocycles. The Bertz CT molecular complexity index is 588. The highest BCUT2D eigenvalue weighted by molar-refractivity contribution is 5.64. The highest BCUT2D eigenvalue weighted by atomic mass is 15.4. The lowest BCUT2D eigenvalue weighted by Gasteiger charge is -2.11. The topological polar surface area (TPSA) is 28.8 Å². The van der Waals surface area contributed by atoms with E-state index in [-0.39, 0.29) is 0 Å². The molecule has 0 fully saturated rings. The quantitative estimate of drug-likeness (QED) is 0.812. The summed E-state index contributed by atoms with van der Waals surface area (Å²) < 4.78 is 2.08. The minimum atomic E-state index is 1.10. The molecule has 0 aromatic carbocycles. The molecule has 90 valence electrons. The molecule has 1 aliphatic carbocycles. The van der Waals surface area contributed by atoms with E-state index in [1.807, 2.05) is 31.6 Å². The first kappa shape index (κ1) is 11.0. The van der Waals surface area contributed by atoms with Gasteiger partial charge in [-0.3, -0.25) is 4.98 Å². The highest BCUT2D eigenvalue weighted by Gasteiger charge is 2.18. The predicted molar refractivity (Wildman–Crippen MR) is 72.5 cm³/mol. The zero-order valence-electron chi connectivity index (χ0n) is 10.4. The Labute approximate surface area is 107 Å². The first-order chi connectivity index (χ1) is 8.88. The third kappa shape index (κ3) is 1.88. The molecule has 0 saturated carbocycles. The van der Waals surface area contributed by atoms with Crippen molar-refractivity contribution in [3.63, 3.8) is 0 Å². The molecular formula is C15H16N3+. The molecule has 2 heterocycles. The number of nitrogens with zero attached hydrogens (tertiary/aromatic N) is 2. The summed E-state index contributed by atoms with van der Waals surface area (Å²) in [5, 5.41) is 0. The van der Waals surface area contributed by atoms with Crippen molar-refractivity contribution in [1.82, 2.24) is 4.98 Å². The molecule has 0 atom stereocenters. The van der Waals surface area contributed by atoms with Gasteiger partial charge in [-0.15, -0.1) is 0 Å². The van der Waals surface area contributed by atoms with E-state index in [1.54, 1.807) is 0 Å². The van der Waals surface area contributed by atoms with Gasteiger partial charge in [0.25, 0.3) is 0 Å². The number of hydrogen-bond donors (Lipinski definition) is 1. The van der Waals surface area contributed by atoms with Crippen molar-refractivity contribution in [3.05, 3.63) is 54.1 Å². The Morgan fingerprint density at radius 3 is 2.83 bits per heavy atom. The van der Waals surface area contributed by atoms with Crippen LogP contribution in [0.1, 0.15) is 17.7 Å². The van der Waals surface area contributed by atoms with Gasteiger partial charge in [0.2, 0.25) is 11.9 Å². The summed E-state index contributed by atoms with van der Waals surface area (Å²) in [7, 11) is 1.94. The molecule has 18 heavy (non-hydrogen) atoms. The largest absolute Gasteiger partial charge is 0.265 e. The van der Waals surface area contributed by atoms with E-state index in [1.165, 1.54) is 22.4 Å². The van der Waals surface area contributed by atoms with Crippen molar-refractivity contribution >= 4 is 6.08 Å². The zero-order chi connectivity index (χ0) is 12.4. The molecule has 0 unspecified atom stereocenters. The van der Waals surface area contributed by atoms with Crippen LogP contribution >= 0.6 is 0 Å². The second-order valence-electron chi connectivity index (χ2n) is 4.41. The summed E-state index contributed by atoms with van der Waals surface area (Å²) in [5.41, 5.74) is 8.28. The molecule has 0 bridgehead atoms. The number of aromatic nitrogens is 2. The van der Waals surface area contributed by atoms with Gasteiger partial charge >= 0.3 is 0 Å². The molecule has 2 aromatic heterocycles. The van der Waals surface area contributed by atoms with Gasteiger partial charge in [-0.2, -0.15) is 5.43 Å². The van der Waals surface area contributed by atoms with Crippen molar-refractivity contribution < 1.29 is 4.68 Å². The van der Waals surface area contributed by atoms with E-state index in [4.69, 9.17) is 0 Å². The lowest BCUT2D eigenvalue weighted by Crippen LogP contribution is -2.46. The highest BCUT2D eigenvalue weighted by Crippen LogP contribution is 2.23. The maximum absolute atomic E-state index is 4.07. The smallest absolute Gasteiger partial charge is 0.238 e. The van der Waals surface area contributed by atoms with Crippen LogP contribution in [0.5, 0.6) is 0 Å². The average molecular weight is 238 g/mol. The fourth-order valence-corrected chi connectivity index (χ4v) is 2.37. The minimum Gasteiger partial charge on any atom is -0.265 e. The molecule has 3 heteroatoms. The molecule has 0 radical (unpaired) electrons. The summed E-state index contributed by atoms with van der Waals surface area (Å²) in [4.78, 5) is 4.07. The van der Waals surface area contributed by atoms with Crippen molar-refractivity contribution in [1.29, 1.82) is 0 Å². The van der Waals surface area contributed by atoms with E-state index in [2.05, 4.69) is 39.5 Å². The second kappa shape index (κ2) is 4.61. The first-order valence-corrected chi connectivity index (χ1v) is 6.22. The number of rotatable bonds is 2. The van der Waals surface area contributed by atoms with Crippen molar-refractivity contribution in [2.45, 2.75) is 12.8 Å². The minimum absolute atomic E-state index is 1.10. The van der Waals surface area contributed by atoms with Crippen molar-refractivity contribution in [3.8, 4) is 11.1 Å². The van der Waals surface area contributed by atoms with Crippen molar-refractivity contribution in [2.75, 3.05) is 12.5 Å². The van der Waals surface area contributed by atoms with Gasteiger partial charge in [0.15, 0.2) is 0 Å². The molecule has 1 N–H and O–H groups in total. The van der Waals surface area contributed by atoms with Crippen LogP contribution in [0.2, 0.25) is 0 Å². The molecule has 3 nitrogen and oxygen atoms in total. The Morgan fingerprint density at radius 1 is 1.22 bits per heavy atom. The summed E-state index contributed by atoms with van der Waals surface area (Å²) in [6.07, 6.45) is 12.4. The maximum Gasteiger partial charge on any atom is 0.238 e. The van der Waals surface area contributed by atoms with E-state index < -0.39 is 0 Å². The normalized spacial score (nSPS) is 13.2. The van der Waals surface area contributed by atoms with Gasteiger partial charge in [-0.05, 0) is 36.6 Å². The molecule has 1 aliphatic rings. The van der Waals surface area contributed by atoms with Crippen LogP contribution in [-0.2, 0) is 6.42 Å². The maximum atomic E-state index is 4.07. The van der Waals surface area contributed by atoms with Crippen LogP contribution in [-0.4, -0.2) is 12.0 Å². The van der Waals surface area contributed by atoms with Crippen molar-refractivity contribution in [2.24, 2.45) is 0 Å². The van der Waals surface area contributed by atoms with Crippen LogP contribution < -0.4 is 10.1 Å². The third-order valence-electron chi connectivity index (χ3n) is 3.30. The van der Waals surface area contributed by atoms with E-state index in [0.29, 0.717) is 0 Å². The molecule has 2 aromatic rings. The number of hydrogen-bond acceptors (Lipinski definition) is 2. The lowest BCUT2D eigenvalue weighted by molar-refractivity contribution is -0.649. The zero-order valence-corrected chi connectivity index (χ0v) is 10.4. The van der Waals surface area contributed by atoms with E-state index in [9.17, 15) is 0 Å². The van der Waals surface area contributed by atoms with Crippen LogP contribution in [0, 0.1) is 0 Å². The molecule has 0 saturated heterocycles. The number of nitrogens with one attached hydrogen (secondary N) is 1. The molecule has 0 amide bonds. The summed E-state index contributed by atoms with van der Waals surface area (Å²) in [5.74, 6) is 0. The van der Waals surface area contributed by atoms with Gasteiger partial charge in [-0.1, -0.05) is 10.8 Å². The number of allylic oxidation sites excluding steroid dienone is 1. The lowest BCUT2D eigenvalue weighted by atomic mass is 9.98. The van der Waals surface area contributed by atoms with Gasteiger partial charge in [0.1, 0.15) is 0 Å². The Kier molecular flexibility index (Phi) is 2.81. The molecule has 0 spiro atoms. The standard InChI is InChI=1S/C15H16N3/c1-16-18-11-14(12-6-8-17-9-7-12)10-13-4-2-3-5-15(13)18/h3,5-11,16H,2,4H2,1H3/q+1. The number of aryl methyl sites for hydroxylation is 1. The fourth-order valence-electron chi connectivity index (χ4n) is 2.37. The predicted octanol–water partition coefficient (Wildman–Crippen LogP) is 2.17. The molecule has 3 rings (SSSR count). The Hall–Kier alpha value is -2.16. The number of fused-ring (bicyclic) bond motifs is 1. The van der Waals surface area contributed by atoms with E-state index in [0.717, 1.165) is 12.8 Å². The van der Waals surface area contributed by atoms with Crippen LogP contribution in [0.25, 0.3) is 17.2 Å². The number of pyridine rings is 2. The van der Waals surface area contributed by atoms with Gasteiger partial charge in [0, 0.05) is 29.6 Å². The van der Waals surface area contributed by atoms with Gasteiger partial charge < -0.3 is 0 Å². The summed E-state index contributed by atoms with van der Waals surface area (Å²) in [6.45, 7) is 0. The van der Waals surface area contributed by atoms with Crippen LogP contribution in [0.3, 0.4) is 0 Å². The second-order valence-corrected chi connectivity index (χ2v) is 4.41. The Balaban J connectivity index is 2.15.